The number of thioether (sulfide) groups is 1. The van der Waals surface area contributed by atoms with E-state index in [0.717, 1.165) is 24.8 Å². The Labute approximate surface area is 203 Å². The summed E-state index contributed by atoms with van der Waals surface area (Å²) in [7, 11) is 1.59. The molecule has 1 aliphatic heterocycles. The van der Waals surface area contributed by atoms with Crippen LogP contribution in [0.5, 0.6) is 11.5 Å². The molecule has 2 aromatic carbocycles. The van der Waals surface area contributed by atoms with Crippen LogP contribution in [0, 0.1) is 0 Å². The molecule has 33 heavy (non-hydrogen) atoms. The van der Waals surface area contributed by atoms with Gasteiger partial charge in [0.2, 0.25) is 0 Å². The Morgan fingerprint density at radius 3 is 2.64 bits per heavy atom. The molecule has 0 radical (unpaired) electrons. The van der Waals surface area contributed by atoms with Crippen LogP contribution < -0.4 is 9.47 Å². The fourth-order valence-electron chi connectivity index (χ4n) is 3.38. The number of benzene rings is 2. The number of rotatable bonds is 12. The zero-order valence-corrected chi connectivity index (χ0v) is 20.1. The van der Waals surface area contributed by atoms with E-state index in [1.165, 1.54) is 17.3 Å². The van der Waals surface area contributed by atoms with Crippen molar-refractivity contribution in [2.24, 2.45) is 0 Å². The number of unbranched alkanes of at least 4 members (excludes halogenated alkanes) is 2. The van der Waals surface area contributed by atoms with Gasteiger partial charge in [-0.3, -0.25) is 14.5 Å². The standard InChI is InChI=1S/C25H27NO5S2/c1-30-21-16-19(11-12-20(21)31-15-13-18-8-4-2-5-9-18)17-22-24(29)26(25(32)33-22)14-7-3-6-10-23(27)28/h2,4-5,8-9,11-12,16-17H,3,6-7,10,13-15H2,1H3,(H,27,28)/b22-17-. The first-order valence-corrected chi connectivity index (χ1v) is 12.0. The Hall–Kier alpha value is -2.84. The largest absolute Gasteiger partial charge is 0.493 e. The first kappa shape index (κ1) is 24.8. The molecule has 2 aromatic rings. The predicted molar refractivity (Wildman–Crippen MR) is 135 cm³/mol. The van der Waals surface area contributed by atoms with Crippen molar-refractivity contribution < 1.29 is 24.2 Å². The molecule has 0 unspecified atom stereocenters. The average Bonchev–Trinajstić information content (AvgIpc) is 3.07. The molecular weight excluding hydrogens is 458 g/mol. The van der Waals surface area contributed by atoms with Gasteiger partial charge in [-0.1, -0.05) is 66.8 Å². The van der Waals surface area contributed by atoms with E-state index in [1.54, 1.807) is 18.1 Å². The molecule has 1 saturated heterocycles. The van der Waals surface area contributed by atoms with Gasteiger partial charge in [0.05, 0.1) is 18.6 Å². The van der Waals surface area contributed by atoms with E-state index in [9.17, 15) is 9.59 Å². The molecule has 1 fully saturated rings. The number of ether oxygens (including phenoxy) is 2. The van der Waals surface area contributed by atoms with Gasteiger partial charge in [0.1, 0.15) is 4.32 Å². The van der Waals surface area contributed by atoms with Crippen LogP contribution in [0.1, 0.15) is 36.8 Å². The molecule has 0 spiro atoms. The quantitative estimate of drug-likeness (QED) is 0.253. The second kappa shape index (κ2) is 12.4. The highest BCUT2D eigenvalue weighted by Gasteiger charge is 2.31. The minimum atomic E-state index is -0.799. The van der Waals surface area contributed by atoms with E-state index >= 15 is 0 Å². The maximum absolute atomic E-state index is 12.8. The van der Waals surface area contributed by atoms with Crippen LogP contribution in [-0.4, -0.2) is 46.5 Å². The summed E-state index contributed by atoms with van der Waals surface area (Å²) in [5, 5.41) is 8.71. The minimum Gasteiger partial charge on any atom is -0.493 e. The van der Waals surface area contributed by atoms with Crippen molar-refractivity contribution in [1.82, 2.24) is 4.90 Å². The van der Waals surface area contributed by atoms with Gasteiger partial charge in [-0.25, -0.2) is 0 Å². The van der Waals surface area contributed by atoms with Crippen molar-refractivity contribution in [2.75, 3.05) is 20.3 Å². The van der Waals surface area contributed by atoms with Crippen LogP contribution >= 0.6 is 24.0 Å². The van der Waals surface area contributed by atoms with Gasteiger partial charge in [-0.15, -0.1) is 0 Å². The van der Waals surface area contributed by atoms with Crippen LogP contribution in [0.3, 0.4) is 0 Å². The van der Waals surface area contributed by atoms with Crippen LogP contribution in [-0.2, 0) is 16.0 Å². The Kier molecular flexibility index (Phi) is 9.33. The maximum Gasteiger partial charge on any atom is 0.303 e. The third-order valence-electron chi connectivity index (χ3n) is 5.12. The fourth-order valence-corrected chi connectivity index (χ4v) is 4.69. The number of nitrogens with zero attached hydrogens (tertiary/aromatic N) is 1. The lowest BCUT2D eigenvalue weighted by molar-refractivity contribution is -0.137. The van der Waals surface area contributed by atoms with E-state index in [4.69, 9.17) is 26.8 Å². The number of amides is 1. The molecule has 6 nitrogen and oxygen atoms in total. The zero-order valence-electron chi connectivity index (χ0n) is 18.5. The van der Waals surface area contributed by atoms with E-state index in [1.807, 2.05) is 36.4 Å². The summed E-state index contributed by atoms with van der Waals surface area (Å²) < 4.78 is 11.9. The van der Waals surface area contributed by atoms with Crippen LogP contribution in [0.25, 0.3) is 6.08 Å². The fraction of sp³-hybridized carbons (Fsp3) is 0.320. The molecule has 0 aromatic heterocycles. The monoisotopic (exact) mass is 485 g/mol. The van der Waals surface area contributed by atoms with Crippen molar-refractivity contribution in [3.05, 3.63) is 64.6 Å². The maximum atomic E-state index is 12.8. The summed E-state index contributed by atoms with van der Waals surface area (Å²) in [6, 6.07) is 15.7. The van der Waals surface area contributed by atoms with Crippen LogP contribution in [0.15, 0.2) is 53.4 Å². The molecule has 3 rings (SSSR count). The normalized spacial score (nSPS) is 14.7. The highest BCUT2D eigenvalue weighted by atomic mass is 32.2. The molecule has 0 atom stereocenters. The first-order chi connectivity index (χ1) is 16.0. The van der Waals surface area contributed by atoms with Crippen molar-refractivity contribution in [2.45, 2.75) is 32.1 Å². The topological polar surface area (TPSA) is 76.1 Å². The number of aliphatic carboxylic acids is 1. The second-order valence-corrected chi connectivity index (χ2v) is 9.21. The number of carbonyl (C=O) groups is 2. The van der Waals surface area contributed by atoms with E-state index in [-0.39, 0.29) is 12.3 Å². The number of carboxylic acid groups (broad SMARTS) is 1. The summed E-state index contributed by atoms with van der Waals surface area (Å²) in [5.74, 6) is 0.335. The summed E-state index contributed by atoms with van der Waals surface area (Å²) in [5.41, 5.74) is 2.03. The molecule has 1 heterocycles. The lowest BCUT2D eigenvalue weighted by Gasteiger charge is -2.14. The lowest BCUT2D eigenvalue weighted by Crippen LogP contribution is -2.29. The minimum absolute atomic E-state index is 0.120. The van der Waals surface area contributed by atoms with Crippen molar-refractivity contribution in [1.29, 1.82) is 0 Å². The van der Waals surface area contributed by atoms with Gasteiger partial charge in [-0.05, 0) is 42.2 Å². The van der Waals surface area contributed by atoms with Gasteiger partial charge in [0.15, 0.2) is 11.5 Å². The highest BCUT2D eigenvalue weighted by Crippen LogP contribution is 2.35. The van der Waals surface area contributed by atoms with E-state index in [0.29, 0.717) is 40.3 Å². The number of carboxylic acids is 1. The number of thiocarbonyl (C=S) groups is 1. The summed E-state index contributed by atoms with van der Waals surface area (Å²) in [6.07, 6.45) is 4.80. The SMILES string of the molecule is COc1cc(/C=C2\SC(=S)N(CCCCCC(=O)O)C2=O)ccc1OCCc1ccccc1. The third kappa shape index (κ3) is 7.33. The predicted octanol–water partition coefficient (Wildman–Crippen LogP) is 5.16. The summed E-state index contributed by atoms with van der Waals surface area (Å²) >= 11 is 6.65. The Morgan fingerprint density at radius 1 is 1.12 bits per heavy atom. The van der Waals surface area contributed by atoms with Gasteiger partial charge in [0, 0.05) is 19.4 Å². The smallest absolute Gasteiger partial charge is 0.303 e. The molecule has 0 saturated carbocycles. The number of methoxy groups -OCH3 is 1. The van der Waals surface area contributed by atoms with E-state index in [2.05, 4.69) is 12.1 Å². The van der Waals surface area contributed by atoms with Gasteiger partial charge >= 0.3 is 5.97 Å². The molecule has 1 N–H and O–H groups in total. The lowest BCUT2D eigenvalue weighted by atomic mass is 10.1. The molecule has 1 amide bonds. The average molecular weight is 486 g/mol. The summed E-state index contributed by atoms with van der Waals surface area (Å²) in [4.78, 5) is 25.5. The molecular formula is C25H27NO5S2. The van der Waals surface area contributed by atoms with Gasteiger partial charge in [0.25, 0.3) is 5.91 Å². The first-order valence-electron chi connectivity index (χ1n) is 10.8. The highest BCUT2D eigenvalue weighted by molar-refractivity contribution is 8.26. The van der Waals surface area contributed by atoms with Gasteiger partial charge in [-0.2, -0.15) is 0 Å². The number of carbonyl (C=O) groups excluding carboxylic acids is 1. The van der Waals surface area contributed by atoms with Crippen molar-refractivity contribution in [3.63, 3.8) is 0 Å². The molecule has 0 bridgehead atoms. The molecule has 0 aliphatic carbocycles. The Morgan fingerprint density at radius 2 is 1.91 bits per heavy atom. The van der Waals surface area contributed by atoms with Crippen molar-refractivity contribution in [3.8, 4) is 11.5 Å². The van der Waals surface area contributed by atoms with Gasteiger partial charge < -0.3 is 14.6 Å². The Bertz CT molecular complexity index is 1020. The third-order valence-corrected chi connectivity index (χ3v) is 6.50. The Balaban J connectivity index is 1.58. The van der Waals surface area contributed by atoms with E-state index < -0.39 is 5.97 Å². The van der Waals surface area contributed by atoms with Crippen LogP contribution in [0.2, 0.25) is 0 Å². The molecule has 8 heteroatoms. The number of hydrogen-bond acceptors (Lipinski definition) is 6. The molecule has 1 aliphatic rings. The second-order valence-electron chi connectivity index (χ2n) is 7.53. The zero-order chi connectivity index (χ0) is 23.6. The molecule has 174 valence electrons. The number of hydrogen-bond donors (Lipinski definition) is 1. The summed E-state index contributed by atoms with van der Waals surface area (Å²) in [6.45, 7) is 1.03. The van der Waals surface area contributed by atoms with Crippen LogP contribution in [0.4, 0.5) is 0 Å². The van der Waals surface area contributed by atoms with Crippen molar-refractivity contribution >= 4 is 46.3 Å².